The monoisotopic (exact) mass is 231 g/mol. The lowest BCUT2D eigenvalue weighted by molar-refractivity contribution is 0.547. The Morgan fingerprint density at radius 1 is 1.41 bits per heavy atom. The van der Waals surface area contributed by atoms with Crippen LogP contribution < -0.4 is 5.32 Å². The van der Waals surface area contributed by atoms with E-state index < -0.39 is 0 Å². The van der Waals surface area contributed by atoms with E-state index in [-0.39, 0.29) is 6.04 Å². The molecular weight excluding hydrogens is 214 g/mol. The van der Waals surface area contributed by atoms with Gasteiger partial charge >= 0.3 is 0 Å². The van der Waals surface area contributed by atoms with Crippen LogP contribution in [0.2, 0.25) is 0 Å². The van der Waals surface area contributed by atoms with Crippen LogP contribution in [0.4, 0.5) is 0 Å². The van der Waals surface area contributed by atoms with Crippen LogP contribution in [0.1, 0.15) is 23.1 Å². The van der Waals surface area contributed by atoms with E-state index in [1.165, 1.54) is 5.69 Å². The van der Waals surface area contributed by atoms with Crippen LogP contribution in [0.15, 0.2) is 24.7 Å². The molecule has 1 atom stereocenters. The van der Waals surface area contributed by atoms with E-state index in [9.17, 15) is 0 Å². The van der Waals surface area contributed by atoms with Gasteiger partial charge in [-0.3, -0.25) is 14.6 Å². The van der Waals surface area contributed by atoms with Crippen molar-refractivity contribution in [3.63, 3.8) is 0 Å². The fourth-order valence-corrected chi connectivity index (χ4v) is 1.91. The largest absolute Gasteiger partial charge is 0.311 e. The van der Waals surface area contributed by atoms with Crippen molar-refractivity contribution in [1.82, 2.24) is 25.1 Å². The van der Waals surface area contributed by atoms with Crippen LogP contribution >= 0.6 is 0 Å². The molecule has 90 valence electrons. The lowest BCUT2D eigenvalue weighted by Crippen LogP contribution is -2.21. The van der Waals surface area contributed by atoms with Gasteiger partial charge in [-0.05, 0) is 20.0 Å². The summed E-state index contributed by atoms with van der Waals surface area (Å²) in [5.74, 6) is 0. The maximum Gasteiger partial charge on any atom is 0.0759 e. The van der Waals surface area contributed by atoms with Crippen LogP contribution in [0.25, 0.3) is 0 Å². The van der Waals surface area contributed by atoms with E-state index >= 15 is 0 Å². The van der Waals surface area contributed by atoms with Gasteiger partial charge in [-0.15, -0.1) is 0 Å². The Balaban J connectivity index is 2.18. The van der Waals surface area contributed by atoms with Crippen LogP contribution in [-0.4, -0.2) is 26.8 Å². The van der Waals surface area contributed by atoms with Crippen molar-refractivity contribution in [2.75, 3.05) is 7.05 Å². The number of rotatable bonds is 4. The number of nitrogens with zero attached hydrogens (tertiary/aromatic N) is 4. The topological polar surface area (TPSA) is 55.6 Å². The van der Waals surface area contributed by atoms with Gasteiger partial charge in [0, 0.05) is 37.8 Å². The van der Waals surface area contributed by atoms with Crippen molar-refractivity contribution < 1.29 is 0 Å². The molecule has 0 bridgehead atoms. The number of aryl methyl sites for hydroxylation is 2. The molecule has 0 fully saturated rings. The number of hydrogen-bond donors (Lipinski definition) is 1. The number of nitrogens with one attached hydrogen (secondary N) is 1. The Hall–Kier alpha value is -1.75. The molecule has 2 aromatic rings. The summed E-state index contributed by atoms with van der Waals surface area (Å²) in [7, 11) is 3.90. The molecule has 1 N–H and O–H groups in total. The Labute approximate surface area is 101 Å². The molecule has 0 saturated carbocycles. The molecule has 1 unspecified atom stereocenters. The van der Waals surface area contributed by atoms with Crippen molar-refractivity contribution in [1.29, 1.82) is 0 Å². The maximum absolute atomic E-state index is 4.34. The van der Waals surface area contributed by atoms with Gasteiger partial charge in [-0.25, -0.2) is 0 Å². The van der Waals surface area contributed by atoms with E-state index in [0.717, 1.165) is 17.8 Å². The summed E-state index contributed by atoms with van der Waals surface area (Å²) in [6.45, 7) is 2.00. The molecule has 0 aliphatic heterocycles. The first-order chi connectivity index (χ1) is 8.20. The number of aromatic nitrogens is 4. The van der Waals surface area contributed by atoms with Gasteiger partial charge in [0.15, 0.2) is 0 Å². The minimum absolute atomic E-state index is 0.165. The van der Waals surface area contributed by atoms with Gasteiger partial charge in [-0.2, -0.15) is 5.10 Å². The summed E-state index contributed by atoms with van der Waals surface area (Å²) >= 11 is 0. The second kappa shape index (κ2) is 5.05. The van der Waals surface area contributed by atoms with Crippen molar-refractivity contribution in [2.45, 2.75) is 19.4 Å². The highest BCUT2D eigenvalue weighted by molar-refractivity contribution is 5.13. The fraction of sp³-hybridized carbons (Fsp3) is 0.417. The lowest BCUT2D eigenvalue weighted by atomic mass is 10.1. The lowest BCUT2D eigenvalue weighted by Gasteiger charge is -2.14. The minimum atomic E-state index is 0.165. The normalized spacial score (nSPS) is 12.6. The summed E-state index contributed by atoms with van der Waals surface area (Å²) in [6, 6.07) is 2.26. The first-order valence-corrected chi connectivity index (χ1v) is 5.63. The average molecular weight is 231 g/mol. The zero-order valence-electron chi connectivity index (χ0n) is 10.4. The standard InChI is InChI=1S/C12H17N5/c1-9-6-10(17(3)16-9)7-11(13-2)12-8-14-4-5-15-12/h4-6,8,11,13H,7H2,1-3H3. The van der Waals surface area contributed by atoms with Crippen molar-refractivity contribution in [3.8, 4) is 0 Å². The third-order valence-corrected chi connectivity index (χ3v) is 2.80. The second-order valence-corrected chi connectivity index (χ2v) is 4.08. The number of hydrogen-bond acceptors (Lipinski definition) is 4. The molecule has 5 heteroatoms. The van der Waals surface area contributed by atoms with Crippen LogP contribution in [0, 0.1) is 6.92 Å². The summed E-state index contributed by atoms with van der Waals surface area (Å²) in [4.78, 5) is 8.43. The Morgan fingerprint density at radius 2 is 2.24 bits per heavy atom. The molecule has 0 amide bonds. The van der Waals surface area contributed by atoms with Crippen molar-refractivity contribution >= 4 is 0 Å². The maximum atomic E-state index is 4.34. The summed E-state index contributed by atoms with van der Waals surface area (Å²) < 4.78 is 1.91. The van der Waals surface area contributed by atoms with Crippen molar-refractivity contribution in [3.05, 3.63) is 41.7 Å². The van der Waals surface area contributed by atoms with Gasteiger partial charge in [-0.1, -0.05) is 0 Å². The Kier molecular flexibility index (Phi) is 3.49. The fourth-order valence-electron chi connectivity index (χ4n) is 1.91. The molecule has 0 saturated heterocycles. The molecule has 0 aliphatic carbocycles. The molecule has 2 heterocycles. The highest BCUT2D eigenvalue weighted by atomic mass is 15.3. The smallest absolute Gasteiger partial charge is 0.0759 e. The molecule has 5 nitrogen and oxygen atoms in total. The zero-order valence-corrected chi connectivity index (χ0v) is 10.4. The minimum Gasteiger partial charge on any atom is -0.311 e. The van der Waals surface area contributed by atoms with E-state index in [4.69, 9.17) is 0 Å². The van der Waals surface area contributed by atoms with E-state index in [2.05, 4.69) is 26.4 Å². The Morgan fingerprint density at radius 3 is 2.76 bits per heavy atom. The summed E-state index contributed by atoms with van der Waals surface area (Å²) in [5.41, 5.74) is 3.18. The van der Waals surface area contributed by atoms with Gasteiger partial charge in [0.05, 0.1) is 17.4 Å². The molecule has 0 aliphatic rings. The zero-order chi connectivity index (χ0) is 12.3. The van der Waals surface area contributed by atoms with Crippen LogP contribution in [0.5, 0.6) is 0 Å². The van der Waals surface area contributed by atoms with E-state index in [1.807, 2.05) is 25.7 Å². The van der Waals surface area contributed by atoms with E-state index in [0.29, 0.717) is 0 Å². The molecule has 0 aromatic carbocycles. The molecule has 0 spiro atoms. The third kappa shape index (κ3) is 2.68. The van der Waals surface area contributed by atoms with Crippen molar-refractivity contribution in [2.24, 2.45) is 7.05 Å². The van der Waals surface area contributed by atoms with Gasteiger partial charge in [0.25, 0.3) is 0 Å². The van der Waals surface area contributed by atoms with Gasteiger partial charge < -0.3 is 5.32 Å². The SMILES string of the molecule is CNC(Cc1cc(C)nn1C)c1cnccn1. The predicted octanol–water partition coefficient (Wildman–Crippen LogP) is 1.02. The van der Waals surface area contributed by atoms with E-state index in [1.54, 1.807) is 18.6 Å². The first kappa shape index (κ1) is 11.7. The predicted molar refractivity (Wildman–Crippen MR) is 65.5 cm³/mol. The molecule has 17 heavy (non-hydrogen) atoms. The quantitative estimate of drug-likeness (QED) is 0.853. The second-order valence-electron chi connectivity index (χ2n) is 4.08. The van der Waals surface area contributed by atoms with Crippen LogP contribution in [0.3, 0.4) is 0 Å². The highest BCUT2D eigenvalue weighted by Crippen LogP contribution is 2.15. The summed E-state index contributed by atoms with van der Waals surface area (Å²) in [6.07, 6.45) is 6.05. The highest BCUT2D eigenvalue weighted by Gasteiger charge is 2.14. The summed E-state index contributed by atoms with van der Waals surface area (Å²) in [5, 5.41) is 7.60. The number of likely N-dealkylation sites (N-methyl/N-ethyl adjacent to an activating group) is 1. The molecular formula is C12H17N5. The molecule has 0 radical (unpaired) electrons. The Bertz CT molecular complexity index is 477. The van der Waals surface area contributed by atoms with Gasteiger partial charge in [0.1, 0.15) is 0 Å². The van der Waals surface area contributed by atoms with Gasteiger partial charge in [0.2, 0.25) is 0 Å². The molecule has 2 aromatic heterocycles. The first-order valence-electron chi connectivity index (χ1n) is 5.63. The molecule has 2 rings (SSSR count). The van der Waals surface area contributed by atoms with Crippen LogP contribution in [-0.2, 0) is 13.5 Å². The third-order valence-electron chi connectivity index (χ3n) is 2.80. The average Bonchev–Trinajstić information content (AvgIpc) is 2.66.